The van der Waals surface area contributed by atoms with Crippen molar-refractivity contribution in [3.8, 4) is 0 Å². The molecular formula is C23H19N5O3S. The van der Waals surface area contributed by atoms with Crippen molar-refractivity contribution >= 4 is 40.6 Å². The number of para-hydroxylation sites is 2. The SMILES string of the molecule is O=C(CSc1nc2ccccc2n1Cc1ccccc1)N/N=C/c1cccc([N+](=O)[O-])c1. The molecule has 1 amide bonds. The van der Waals surface area contributed by atoms with Crippen molar-refractivity contribution in [1.82, 2.24) is 15.0 Å². The Hall–Kier alpha value is -3.98. The molecular weight excluding hydrogens is 426 g/mol. The van der Waals surface area contributed by atoms with E-state index in [0.717, 1.165) is 21.8 Å². The van der Waals surface area contributed by atoms with E-state index in [1.807, 2.05) is 42.5 Å². The third kappa shape index (κ3) is 5.19. The number of hydrogen-bond acceptors (Lipinski definition) is 6. The van der Waals surface area contributed by atoms with Crippen LogP contribution in [0.3, 0.4) is 0 Å². The van der Waals surface area contributed by atoms with Gasteiger partial charge in [-0.15, -0.1) is 0 Å². The second-order valence-electron chi connectivity index (χ2n) is 6.89. The van der Waals surface area contributed by atoms with E-state index in [2.05, 4.69) is 32.2 Å². The number of nitro groups is 1. The predicted molar refractivity (Wildman–Crippen MR) is 125 cm³/mol. The first-order chi connectivity index (χ1) is 15.6. The summed E-state index contributed by atoms with van der Waals surface area (Å²) in [7, 11) is 0. The van der Waals surface area contributed by atoms with Crippen LogP contribution < -0.4 is 5.43 Å². The van der Waals surface area contributed by atoms with Gasteiger partial charge in [0.25, 0.3) is 11.6 Å². The number of aromatic nitrogens is 2. The molecule has 0 bridgehead atoms. The number of hydrazone groups is 1. The molecule has 0 radical (unpaired) electrons. The number of carbonyl (C=O) groups is 1. The van der Waals surface area contributed by atoms with E-state index in [0.29, 0.717) is 12.1 Å². The van der Waals surface area contributed by atoms with Gasteiger partial charge in [0.05, 0.1) is 34.5 Å². The van der Waals surface area contributed by atoms with Crippen LogP contribution >= 0.6 is 11.8 Å². The van der Waals surface area contributed by atoms with Gasteiger partial charge in [-0.3, -0.25) is 14.9 Å². The Morgan fingerprint density at radius 2 is 1.88 bits per heavy atom. The number of amides is 1. The molecule has 0 aliphatic heterocycles. The number of thioether (sulfide) groups is 1. The maximum absolute atomic E-state index is 12.3. The van der Waals surface area contributed by atoms with Gasteiger partial charge in [0.2, 0.25) is 0 Å². The zero-order chi connectivity index (χ0) is 22.3. The molecule has 0 aliphatic rings. The van der Waals surface area contributed by atoms with Crippen LogP contribution in [0.25, 0.3) is 11.0 Å². The fraction of sp³-hybridized carbons (Fsp3) is 0.0870. The molecule has 0 aliphatic carbocycles. The number of nitrogens with one attached hydrogen (secondary N) is 1. The normalized spacial score (nSPS) is 11.1. The van der Waals surface area contributed by atoms with E-state index >= 15 is 0 Å². The Morgan fingerprint density at radius 3 is 2.69 bits per heavy atom. The summed E-state index contributed by atoms with van der Waals surface area (Å²) in [6.07, 6.45) is 1.38. The summed E-state index contributed by atoms with van der Waals surface area (Å²) in [6.45, 7) is 0.649. The third-order valence-electron chi connectivity index (χ3n) is 4.62. The van der Waals surface area contributed by atoms with Crippen LogP contribution in [-0.4, -0.2) is 32.3 Å². The van der Waals surface area contributed by atoms with Crippen molar-refractivity contribution in [3.05, 3.63) is 100 Å². The first kappa shape index (κ1) is 21.3. The van der Waals surface area contributed by atoms with Gasteiger partial charge in [0.15, 0.2) is 5.16 Å². The summed E-state index contributed by atoms with van der Waals surface area (Å²) in [5, 5.41) is 15.5. The Balaban J connectivity index is 1.42. The number of imidazole rings is 1. The maximum Gasteiger partial charge on any atom is 0.270 e. The average Bonchev–Trinajstić information content (AvgIpc) is 3.16. The van der Waals surface area contributed by atoms with Gasteiger partial charge >= 0.3 is 0 Å². The Kier molecular flexibility index (Phi) is 6.57. The minimum Gasteiger partial charge on any atom is -0.314 e. The Bertz CT molecular complexity index is 1290. The van der Waals surface area contributed by atoms with Crippen LogP contribution in [-0.2, 0) is 11.3 Å². The molecule has 1 aromatic heterocycles. The van der Waals surface area contributed by atoms with Crippen molar-refractivity contribution in [2.75, 3.05) is 5.75 Å². The number of nitro benzene ring substituents is 1. The lowest BCUT2D eigenvalue weighted by molar-refractivity contribution is -0.384. The van der Waals surface area contributed by atoms with Crippen molar-refractivity contribution in [1.29, 1.82) is 0 Å². The van der Waals surface area contributed by atoms with E-state index in [4.69, 9.17) is 0 Å². The number of nitrogens with zero attached hydrogens (tertiary/aromatic N) is 4. The summed E-state index contributed by atoms with van der Waals surface area (Å²) in [5.74, 6) is -0.167. The van der Waals surface area contributed by atoms with E-state index in [1.54, 1.807) is 12.1 Å². The molecule has 0 saturated carbocycles. The quantitative estimate of drug-likeness (QED) is 0.189. The highest BCUT2D eigenvalue weighted by Gasteiger charge is 2.13. The average molecular weight is 446 g/mol. The fourth-order valence-corrected chi connectivity index (χ4v) is 3.95. The molecule has 0 spiro atoms. The molecule has 3 aromatic carbocycles. The van der Waals surface area contributed by atoms with Crippen molar-refractivity contribution in [3.63, 3.8) is 0 Å². The Labute approximate surface area is 188 Å². The summed E-state index contributed by atoms with van der Waals surface area (Å²) >= 11 is 1.33. The molecule has 0 saturated heterocycles. The molecule has 9 heteroatoms. The van der Waals surface area contributed by atoms with Crippen LogP contribution in [0.5, 0.6) is 0 Å². The van der Waals surface area contributed by atoms with E-state index in [1.165, 1.54) is 30.1 Å². The number of carbonyl (C=O) groups excluding carboxylic acids is 1. The molecule has 0 fully saturated rings. The molecule has 0 unspecified atom stereocenters. The first-order valence-corrected chi connectivity index (χ1v) is 10.8. The summed E-state index contributed by atoms with van der Waals surface area (Å²) in [5.41, 5.74) is 5.96. The third-order valence-corrected chi connectivity index (χ3v) is 5.60. The maximum atomic E-state index is 12.3. The smallest absolute Gasteiger partial charge is 0.270 e. The highest BCUT2D eigenvalue weighted by Crippen LogP contribution is 2.25. The summed E-state index contributed by atoms with van der Waals surface area (Å²) < 4.78 is 2.09. The van der Waals surface area contributed by atoms with Crippen molar-refractivity contribution in [2.24, 2.45) is 5.10 Å². The topological polar surface area (TPSA) is 102 Å². The zero-order valence-corrected chi connectivity index (χ0v) is 17.7. The van der Waals surface area contributed by atoms with Gasteiger partial charge < -0.3 is 4.57 Å². The summed E-state index contributed by atoms with van der Waals surface area (Å²) in [6, 6.07) is 24.0. The molecule has 1 heterocycles. The molecule has 32 heavy (non-hydrogen) atoms. The van der Waals surface area contributed by atoms with Gasteiger partial charge in [-0.25, -0.2) is 10.4 Å². The van der Waals surface area contributed by atoms with E-state index < -0.39 is 4.92 Å². The molecule has 8 nitrogen and oxygen atoms in total. The predicted octanol–water partition coefficient (Wildman–Crippen LogP) is 4.24. The molecule has 1 N–H and O–H groups in total. The van der Waals surface area contributed by atoms with Gasteiger partial charge in [-0.1, -0.05) is 66.4 Å². The first-order valence-electron chi connectivity index (χ1n) is 9.78. The van der Waals surface area contributed by atoms with Gasteiger partial charge in [-0.05, 0) is 17.7 Å². The van der Waals surface area contributed by atoms with E-state index in [9.17, 15) is 14.9 Å². The lowest BCUT2D eigenvalue weighted by Crippen LogP contribution is -2.20. The van der Waals surface area contributed by atoms with Crippen molar-refractivity contribution in [2.45, 2.75) is 11.7 Å². The highest BCUT2D eigenvalue weighted by atomic mass is 32.2. The lowest BCUT2D eigenvalue weighted by Gasteiger charge is -2.09. The fourth-order valence-electron chi connectivity index (χ4n) is 3.14. The molecule has 0 atom stereocenters. The monoisotopic (exact) mass is 445 g/mol. The van der Waals surface area contributed by atoms with Gasteiger partial charge in [0.1, 0.15) is 0 Å². The lowest BCUT2D eigenvalue weighted by atomic mass is 10.2. The second-order valence-corrected chi connectivity index (χ2v) is 7.83. The summed E-state index contributed by atoms with van der Waals surface area (Å²) in [4.78, 5) is 27.3. The number of rotatable bonds is 8. The second kappa shape index (κ2) is 9.88. The van der Waals surface area contributed by atoms with E-state index in [-0.39, 0.29) is 17.3 Å². The molecule has 4 aromatic rings. The minimum absolute atomic E-state index is 0.0341. The number of benzene rings is 3. The van der Waals surface area contributed by atoms with Crippen LogP contribution in [0.15, 0.2) is 89.1 Å². The van der Waals surface area contributed by atoms with Crippen LogP contribution in [0.4, 0.5) is 5.69 Å². The number of fused-ring (bicyclic) bond motifs is 1. The van der Waals surface area contributed by atoms with Gasteiger partial charge in [0, 0.05) is 17.7 Å². The van der Waals surface area contributed by atoms with Crippen molar-refractivity contribution < 1.29 is 9.72 Å². The number of hydrogen-bond donors (Lipinski definition) is 1. The molecule has 160 valence electrons. The highest BCUT2D eigenvalue weighted by molar-refractivity contribution is 7.99. The molecule has 4 rings (SSSR count). The van der Waals surface area contributed by atoms with Gasteiger partial charge in [-0.2, -0.15) is 5.10 Å². The number of non-ortho nitro benzene ring substituents is 1. The Morgan fingerprint density at radius 1 is 1.09 bits per heavy atom. The largest absolute Gasteiger partial charge is 0.314 e. The van der Waals surface area contributed by atoms with Crippen LogP contribution in [0, 0.1) is 10.1 Å². The zero-order valence-electron chi connectivity index (χ0n) is 16.9. The van der Waals surface area contributed by atoms with Crippen LogP contribution in [0.1, 0.15) is 11.1 Å². The standard InChI is InChI=1S/C23H19N5O3S/c29-22(26-24-14-18-9-6-10-19(13-18)28(30)31)16-32-23-25-20-11-4-5-12-21(20)27(23)15-17-7-2-1-3-8-17/h1-14H,15-16H2,(H,26,29)/b24-14+. The van der Waals surface area contributed by atoms with Crippen LogP contribution in [0.2, 0.25) is 0 Å². The minimum atomic E-state index is -0.478.